The van der Waals surface area contributed by atoms with Crippen molar-refractivity contribution >= 4 is 11.6 Å². The summed E-state index contributed by atoms with van der Waals surface area (Å²) >= 11 is 0. The van der Waals surface area contributed by atoms with Gasteiger partial charge in [0.25, 0.3) is 5.91 Å². The van der Waals surface area contributed by atoms with Crippen molar-refractivity contribution in [2.75, 3.05) is 44.8 Å². The molecule has 1 saturated heterocycles. The Balaban J connectivity index is 1.51. The monoisotopic (exact) mass is 330 g/mol. The van der Waals surface area contributed by atoms with Crippen LogP contribution in [0.25, 0.3) is 0 Å². The van der Waals surface area contributed by atoms with Gasteiger partial charge in [0.2, 0.25) is 0 Å². The third-order valence-electron chi connectivity index (χ3n) is 3.82. The SMILES string of the molecule is Cn1ccc(C(=O)Nc2cccc(OCCN3CCOCC3)c2)n1. The van der Waals surface area contributed by atoms with E-state index in [1.807, 2.05) is 24.3 Å². The summed E-state index contributed by atoms with van der Waals surface area (Å²) in [5, 5.41) is 6.92. The van der Waals surface area contributed by atoms with Gasteiger partial charge in [0.15, 0.2) is 5.69 Å². The predicted octanol–water partition coefficient (Wildman–Crippen LogP) is 1.38. The van der Waals surface area contributed by atoms with E-state index in [2.05, 4.69) is 15.3 Å². The van der Waals surface area contributed by atoms with Crippen LogP contribution in [0.4, 0.5) is 5.69 Å². The molecule has 3 rings (SSSR count). The van der Waals surface area contributed by atoms with Gasteiger partial charge in [-0.15, -0.1) is 0 Å². The molecular formula is C17H22N4O3. The number of hydrogen-bond donors (Lipinski definition) is 1. The fourth-order valence-electron chi connectivity index (χ4n) is 2.51. The van der Waals surface area contributed by atoms with E-state index in [0.717, 1.165) is 38.6 Å². The molecule has 1 N–H and O–H groups in total. The molecule has 2 aromatic rings. The van der Waals surface area contributed by atoms with Crippen LogP contribution in [0, 0.1) is 0 Å². The number of benzene rings is 1. The van der Waals surface area contributed by atoms with Crippen molar-refractivity contribution in [3.8, 4) is 5.75 Å². The van der Waals surface area contributed by atoms with Crippen molar-refractivity contribution in [1.82, 2.24) is 14.7 Å². The number of rotatable bonds is 6. The number of nitrogens with one attached hydrogen (secondary N) is 1. The lowest BCUT2D eigenvalue weighted by Crippen LogP contribution is -2.38. The number of nitrogens with zero attached hydrogens (tertiary/aromatic N) is 3. The van der Waals surface area contributed by atoms with E-state index in [-0.39, 0.29) is 5.91 Å². The molecule has 1 fully saturated rings. The number of carbonyl (C=O) groups is 1. The van der Waals surface area contributed by atoms with E-state index in [1.54, 1.807) is 24.0 Å². The third kappa shape index (κ3) is 4.56. The quantitative estimate of drug-likeness (QED) is 0.867. The van der Waals surface area contributed by atoms with Crippen molar-refractivity contribution in [1.29, 1.82) is 0 Å². The topological polar surface area (TPSA) is 68.6 Å². The zero-order chi connectivity index (χ0) is 16.8. The molecule has 7 nitrogen and oxygen atoms in total. The van der Waals surface area contributed by atoms with Crippen LogP contribution in [0.2, 0.25) is 0 Å². The maximum atomic E-state index is 12.1. The van der Waals surface area contributed by atoms with E-state index in [1.165, 1.54) is 0 Å². The van der Waals surface area contributed by atoms with Crippen molar-refractivity contribution in [2.45, 2.75) is 0 Å². The molecule has 128 valence electrons. The van der Waals surface area contributed by atoms with Crippen LogP contribution in [0.15, 0.2) is 36.5 Å². The van der Waals surface area contributed by atoms with Crippen LogP contribution in [-0.4, -0.2) is 60.0 Å². The second kappa shape index (κ2) is 7.94. The Labute approximate surface area is 141 Å². The summed E-state index contributed by atoms with van der Waals surface area (Å²) in [7, 11) is 1.78. The average molecular weight is 330 g/mol. The van der Waals surface area contributed by atoms with Crippen LogP contribution in [0.5, 0.6) is 5.75 Å². The van der Waals surface area contributed by atoms with E-state index in [4.69, 9.17) is 9.47 Å². The molecule has 0 aliphatic carbocycles. The molecule has 0 spiro atoms. The molecule has 2 heterocycles. The highest BCUT2D eigenvalue weighted by molar-refractivity contribution is 6.02. The molecule has 1 amide bonds. The highest BCUT2D eigenvalue weighted by atomic mass is 16.5. The lowest BCUT2D eigenvalue weighted by atomic mass is 10.3. The number of aromatic nitrogens is 2. The number of carbonyl (C=O) groups excluding carboxylic acids is 1. The van der Waals surface area contributed by atoms with Gasteiger partial charge in [-0.2, -0.15) is 5.10 Å². The summed E-state index contributed by atoms with van der Waals surface area (Å²) in [4.78, 5) is 14.4. The van der Waals surface area contributed by atoms with Gasteiger partial charge in [0.05, 0.1) is 13.2 Å². The van der Waals surface area contributed by atoms with Gasteiger partial charge >= 0.3 is 0 Å². The van der Waals surface area contributed by atoms with E-state index < -0.39 is 0 Å². The Morgan fingerprint density at radius 1 is 1.33 bits per heavy atom. The highest BCUT2D eigenvalue weighted by Crippen LogP contribution is 2.18. The lowest BCUT2D eigenvalue weighted by molar-refractivity contribution is 0.0322. The van der Waals surface area contributed by atoms with E-state index in [0.29, 0.717) is 18.0 Å². The maximum Gasteiger partial charge on any atom is 0.276 e. The first kappa shape index (κ1) is 16.5. The normalized spacial score (nSPS) is 15.2. The molecule has 7 heteroatoms. The zero-order valence-electron chi connectivity index (χ0n) is 13.8. The minimum Gasteiger partial charge on any atom is -0.492 e. The first-order valence-corrected chi connectivity index (χ1v) is 8.05. The van der Waals surface area contributed by atoms with Crippen molar-refractivity contribution < 1.29 is 14.3 Å². The fraction of sp³-hybridized carbons (Fsp3) is 0.412. The molecule has 1 aromatic heterocycles. The van der Waals surface area contributed by atoms with Gasteiger partial charge in [-0.3, -0.25) is 14.4 Å². The van der Waals surface area contributed by atoms with Crippen LogP contribution in [0.1, 0.15) is 10.5 Å². The molecule has 1 aliphatic rings. The standard InChI is InChI=1S/C17H22N4O3/c1-20-6-5-16(19-20)17(22)18-14-3-2-4-15(13-14)24-12-9-21-7-10-23-11-8-21/h2-6,13H,7-12H2,1H3,(H,18,22). The van der Waals surface area contributed by atoms with Crippen molar-refractivity contribution in [3.05, 3.63) is 42.2 Å². The predicted molar refractivity (Wildman–Crippen MR) is 90.4 cm³/mol. The molecule has 1 aliphatic heterocycles. The van der Waals surface area contributed by atoms with E-state index in [9.17, 15) is 4.79 Å². The smallest absolute Gasteiger partial charge is 0.276 e. The molecule has 0 atom stereocenters. The summed E-state index contributed by atoms with van der Waals surface area (Å²) in [6, 6.07) is 9.07. The number of morpholine rings is 1. The first-order chi connectivity index (χ1) is 11.7. The number of anilines is 1. The molecule has 1 aromatic carbocycles. The summed E-state index contributed by atoms with van der Waals surface area (Å²) in [6.07, 6.45) is 1.74. The van der Waals surface area contributed by atoms with Crippen LogP contribution in [0.3, 0.4) is 0 Å². The molecule has 0 saturated carbocycles. The van der Waals surface area contributed by atoms with Crippen molar-refractivity contribution in [2.24, 2.45) is 7.05 Å². The highest BCUT2D eigenvalue weighted by Gasteiger charge is 2.11. The second-order valence-electron chi connectivity index (χ2n) is 5.66. The molecule has 0 radical (unpaired) electrons. The average Bonchev–Trinajstić information content (AvgIpc) is 3.03. The van der Waals surface area contributed by atoms with Gasteiger partial charge < -0.3 is 14.8 Å². The van der Waals surface area contributed by atoms with Gasteiger partial charge in [-0.25, -0.2) is 0 Å². The molecule has 0 bridgehead atoms. The largest absolute Gasteiger partial charge is 0.492 e. The zero-order valence-corrected chi connectivity index (χ0v) is 13.8. The number of aryl methyl sites for hydroxylation is 1. The summed E-state index contributed by atoms with van der Waals surface area (Å²) in [6.45, 7) is 4.95. The van der Waals surface area contributed by atoms with Gasteiger partial charge in [-0.05, 0) is 18.2 Å². The van der Waals surface area contributed by atoms with Gasteiger partial charge in [0, 0.05) is 44.6 Å². The Bertz CT molecular complexity index is 680. The third-order valence-corrected chi connectivity index (χ3v) is 3.82. The fourth-order valence-corrected chi connectivity index (χ4v) is 2.51. The Kier molecular flexibility index (Phi) is 5.45. The lowest BCUT2D eigenvalue weighted by Gasteiger charge is -2.26. The summed E-state index contributed by atoms with van der Waals surface area (Å²) in [5.41, 5.74) is 1.07. The van der Waals surface area contributed by atoms with Gasteiger partial charge in [-0.1, -0.05) is 6.07 Å². The Morgan fingerprint density at radius 2 is 2.17 bits per heavy atom. The number of ether oxygens (including phenoxy) is 2. The molecule has 0 unspecified atom stereocenters. The van der Waals surface area contributed by atoms with E-state index >= 15 is 0 Å². The van der Waals surface area contributed by atoms with Crippen LogP contribution < -0.4 is 10.1 Å². The van der Waals surface area contributed by atoms with Crippen molar-refractivity contribution in [3.63, 3.8) is 0 Å². The second-order valence-corrected chi connectivity index (χ2v) is 5.66. The molecule has 24 heavy (non-hydrogen) atoms. The number of hydrogen-bond acceptors (Lipinski definition) is 5. The van der Waals surface area contributed by atoms with Crippen LogP contribution >= 0.6 is 0 Å². The Hall–Kier alpha value is -2.38. The first-order valence-electron chi connectivity index (χ1n) is 8.05. The summed E-state index contributed by atoms with van der Waals surface area (Å²) in [5.74, 6) is 0.503. The molecular weight excluding hydrogens is 308 g/mol. The Morgan fingerprint density at radius 3 is 2.92 bits per heavy atom. The minimum absolute atomic E-state index is 0.235. The van der Waals surface area contributed by atoms with Crippen LogP contribution in [-0.2, 0) is 11.8 Å². The summed E-state index contributed by atoms with van der Waals surface area (Å²) < 4.78 is 12.7. The van der Waals surface area contributed by atoms with Gasteiger partial charge in [0.1, 0.15) is 12.4 Å². The maximum absolute atomic E-state index is 12.1. The number of amides is 1. The minimum atomic E-state index is -0.235.